The smallest absolute Gasteiger partial charge is 0.181 e. The number of fused-ring (bicyclic) bond motifs is 1. The molecule has 2 heterocycles. The van der Waals surface area contributed by atoms with E-state index in [0.717, 1.165) is 6.07 Å². The molecule has 96 valence electrons. The zero-order valence-electron chi connectivity index (χ0n) is 9.55. The number of hydrogen-bond donors (Lipinski definition) is 1. The molecule has 0 aliphatic heterocycles. The van der Waals surface area contributed by atoms with Gasteiger partial charge in [-0.25, -0.2) is 13.9 Å². The summed E-state index contributed by atoms with van der Waals surface area (Å²) in [5.41, 5.74) is 6.31. The third-order valence-corrected chi connectivity index (χ3v) is 2.77. The monoisotopic (exact) mass is 278 g/mol. The van der Waals surface area contributed by atoms with Crippen molar-refractivity contribution in [2.24, 2.45) is 0 Å². The Hall–Kier alpha value is -2.34. The summed E-state index contributed by atoms with van der Waals surface area (Å²) in [5, 5.41) is 4.06. The highest BCUT2D eigenvalue weighted by atomic mass is 35.5. The van der Waals surface area contributed by atoms with Crippen LogP contribution in [0.1, 0.15) is 0 Å². The first-order valence-electron chi connectivity index (χ1n) is 5.35. The number of rotatable bonds is 2. The minimum atomic E-state index is -0.619. The lowest BCUT2D eigenvalue weighted by atomic mass is 10.3. The highest BCUT2D eigenvalue weighted by Gasteiger charge is 2.12. The van der Waals surface area contributed by atoms with Crippen LogP contribution >= 0.6 is 11.6 Å². The van der Waals surface area contributed by atoms with Gasteiger partial charge in [0.25, 0.3) is 0 Å². The van der Waals surface area contributed by atoms with Crippen molar-refractivity contribution in [1.29, 1.82) is 0 Å². The van der Waals surface area contributed by atoms with Crippen LogP contribution in [0.25, 0.3) is 5.65 Å². The van der Waals surface area contributed by atoms with Crippen LogP contribution in [0.15, 0.2) is 36.8 Å². The molecule has 3 aromatic rings. The second kappa shape index (κ2) is 4.40. The predicted molar refractivity (Wildman–Crippen MR) is 68.9 cm³/mol. The van der Waals surface area contributed by atoms with Crippen LogP contribution in [-0.2, 0) is 0 Å². The first kappa shape index (κ1) is 11.7. The third kappa shape index (κ3) is 2.17. The number of ether oxygens (including phenoxy) is 1. The number of benzene rings is 1. The Balaban J connectivity index is 2.00. The van der Waals surface area contributed by atoms with E-state index in [-0.39, 0.29) is 16.5 Å². The number of halogens is 2. The minimum absolute atomic E-state index is 0.0697. The SMILES string of the molecule is Nc1cc(F)c(Oc2ccn3ncnc3c2)c(Cl)c1. The Morgan fingerprint density at radius 1 is 1.32 bits per heavy atom. The van der Waals surface area contributed by atoms with Gasteiger partial charge in [0.05, 0.1) is 5.02 Å². The molecule has 19 heavy (non-hydrogen) atoms. The second-order valence-electron chi connectivity index (χ2n) is 3.84. The van der Waals surface area contributed by atoms with Crippen molar-refractivity contribution in [3.8, 4) is 11.5 Å². The van der Waals surface area contributed by atoms with E-state index in [1.807, 2.05) is 0 Å². The Kier molecular flexibility index (Phi) is 2.72. The van der Waals surface area contributed by atoms with Gasteiger partial charge in [-0.05, 0) is 12.1 Å². The van der Waals surface area contributed by atoms with Crippen LogP contribution in [-0.4, -0.2) is 14.6 Å². The van der Waals surface area contributed by atoms with Crippen LogP contribution in [0.5, 0.6) is 11.5 Å². The zero-order valence-corrected chi connectivity index (χ0v) is 10.3. The van der Waals surface area contributed by atoms with Gasteiger partial charge in [0, 0.05) is 24.0 Å². The van der Waals surface area contributed by atoms with Crippen molar-refractivity contribution < 1.29 is 9.13 Å². The second-order valence-corrected chi connectivity index (χ2v) is 4.25. The van der Waals surface area contributed by atoms with Crippen molar-refractivity contribution in [3.05, 3.63) is 47.6 Å². The Morgan fingerprint density at radius 2 is 2.16 bits per heavy atom. The summed E-state index contributed by atoms with van der Waals surface area (Å²) in [6.45, 7) is 0. The molecule has 3 rings (SSSR count). The van der Waals surface area contributed by atoms with Gasteiger partial charge < -0.3 is 10.5 Å². The third-order valence-electron chi connectivity index (χ3n) is 2.49. The summed E-state index contributed by atoms with van der Waals surface area (Å²) < 4.78 is 20.7. The number of anilines is 1. The van der Waals surface area contributed by atoms with Gasteiger partial charge >= 0.3 is 0 Å². The molecule has 2 N–H and O–H groups in total. The lowest BCUT2D eigenvalue weighted by molar-refractivity contribution is 0.442. The maximum Gasteiger partial charge on any atom is 0.181 e. The first-order valence-corrected chi connectivity index (χ1v) is 5.73. The fourth-order valence-electron chi connectivity index (χ4n) is 1.65. The maximum absolute atomic E-state index is 13.7. The number of pyridine rings is 1. The van der Waals surface area contributed by atoms with Gasteiger partial charge in [0.15, 0.2) is 17.2 Å². The van der Waals surface area contributed by atoms with Gasteiger partial charge in [-0.1, -0.05) is 11.6 Å². The van der Waals surface area contributed by atoms with Gasteiger partial charge in [-0.15, -0.1) is 0 Å². The molecule has 2 aromatic heterocycles. The normalized spacial score (nSPS) is 10.8. The molecule has 0 aliphatic rings. The van der Waals surface area contributed by atoms with Crippen molar-refractivity contribution in [2.75, 3.05) is 5.73 Å². The number of nitrogen functional groups attached to an aromatic ring is 1. The van der Waals surface area contributed by atoms with E-state index in [1.54, 1.807) is 22.8 Å². The van der Waals surface area contributed by atoms with Crippen LogP contribution in [0.3, 0.4) is 0 Å². The molecule has 0 radical (unpaired) electrons. The van der Waals surface area contributed by atoms with Gasteiger partial charge in [-0.3, -0.25) is 0 Å². The average Bonchev–Trinajstić information content (AvgIpc) is 2.81. The summed E-state index contributed by atoms with van der Waals surface area (Å²) in [4.78, 5) is 4.01. The molecule has 0 unspecified atom stereocenters. The Bertz CT molecular complexity index is 735. The molecular formula is C12H8ClFN4O. The molecule has 0 aliphatic carbocycles. The van der Waals surface area contributed by atoms with Crippen molar-refractivity contribution in [3.63, 3.8) is 0 Å². The largest absolute Gasteiger partial charge is 0.453 e. The Morgan fingerprint density at radius 3 is 2.95 bits per heavy atom. The summed E-state index contributed by atoms with van der Waals surface area (Å²) in [6.07, 6.45) is 3.07. The van der Waals surface area contributed by atoms with Crippen LogP contribution in [0.2, 0.25) is 5.02 Å². The fourth-order valence-corrected chi connectivity index (χ4v) is 1.91. The molecule has 0 spiro atoms. The minimum Gasteiger partial charge on any atom is -0.453 e. The molecular weight excluding hydrogens is 271 g/mol. The topological polar surface area (TPSA) is 65.4 Å². The number of nitrogens with two attached hydrogens (primary N) is 1. The number of hydrogen-bond acceptors (Lipinski definition) is 4. The first-order chi connectivity index (χ1) is 9.13. The van der Waals surface area contributed by atoms with Crippen molar-refractivity contribution in [2.45, 2.75) is 0 Å². The molecule has 0 saturated carbocycles. The molecule has 0 saturated heterocycles. The number of aromatic nitrogens is 3. The van der Waals surface area contributed by atoms with Gasteiger partial charge in [0.2, 0.25) is 0 Å². The van der Waals surface area contributed by atoms with E-state index in [2.05, 4.69) is 10.1 Å². The molecule has 0 amide bonds. The van der Waals surface area contributed by atoms with Gasteiger partial charge in [-0.2, -0.15) is 5.10 Å². The van der Waals surface area contributed by atoms with Gasteiger partial charge in [0.1, 0.15) is 12.1 Å². The standard InChI is InChI=1S/C12H8ClFN4O/c13-9-3-7(15)4-10(14)12(9)19-8-1-2-18-11(5-8)16-6-17-18/h1-6H,15H2. The molecule has 0 fully saturated rings. The average molecular weight is 279 g/mol. The number of nitrogens with zero attached hydrogens (tertiary/aromatic N) is 3. The summed E-state index contributed by atoms with van der Waals surface area (Å²) in [7, 11) is 0. The van der Waals surface area contributed by atoms with E-state index in [1.165, 1.54) is 12.4 Å². The van der Waals surface area contributed by atoms with Crippen LogP contribution < -0.4 is 10.5 Å². The summed E-state index contributed by atoms with van der Waals surface area (Å²) in [5.74, 6) is -0.280. The van der Waals surface area contributed by atoms with E-state index in [4.69, 9.17) is 22.1 Å². The molecule has 0 bridgehead atoms. The summed E-state index contributed by atoms with van der Waals surface area (Å²) >= 11 is 5.90. The Labute approximate surface area is 112 Å². The lowest BCUT2D eigenvalue weighted by Gasteiger charge is -2.09. The van der Waals surface area contributed by atoms with E-state index in [9.17, 15) is 4.39 Å². The molecule has 7 heteroatoms. The van der Waals surface area contributed by atoms with Crippen molar-refractivity contribution in [1.82, 2.24) is 14.6 Å². The van der Waals surface area contributed by atoms with Crippen molar-refractivity contribution >= 4 is 22.9 Å². The quantitative estimate of drug-likeness (QED) is 0.732. The molecule has 0 atom stereocenters. The maximum atomic E-state index is 13.7. The van der Waals surface area contributed by atoms with E-state index in [0.29, 0.717) is 11.4 Å². The highest BCUT2D eigenvalue weighted by molar-refractivity contribution is 6.32. The summed E-state index contributed by atoms with van der Waals surface area (Å²) in [6, 6.07) is 5.83. The zero-order chi connectivity index (χ0) is 13.4. The lowest BCUT2D eigenvalue weighted by Crippen LogP contribution is -1.94. The molecule has 1 aromatic carbocycles. The molecule has 5 nitrogen and oxygen atoms in total. The highest BCUT2D eigenvalue weighted by Crippen LogP contribution is 2.34. The van der Waals surface area contributed by atoms with Crippen LogP contribution in [0, 0.1) is 5.82 Å². The van der Waals surface area contributed by atoms with E-state index < -0.39 is 5.82 Å². The fraction of sp³-hybridized carbons (Fsp3) is 0. The van der Waals surface area contributed by atoms with E-state index >= 15 is 0 Å². The predicted octanol–water partition coefficient (Wildman–Crippen LogP) is 2.90. The van der Waals surface area contributed by atoms with Crippen LogP contribution in [0.4, 0.5) is 10.1 Å².